The standard InChI is InChI=1S/C52H66N2O13/c1-53(24-20-35-30-44(61-7)50(63-9)48(38(35)33-53)36-15-17-41(58-4)43(31-36)60-6)22-12-26-66-46(55)18-19-47(56)67-27-13-23-54(2)25-21-37-32-45(62-8)51(64-10)52(65-11)49(37)39(54)28-34-14-16-40(57-3)42(29-34)59-5/h14-17,29-32,39H,12-13,20-28,33H2,1-11H3/q+2. The van der Waals surface area contributed by atoms with E-state index in [2.05, 4.69) is 32.0 Å². The summed E-state index contributed by atoms with van der Waals surface area (Å²) >= 11 is 0. The fourth-order valence-corrected chi connectivity index (χ4v) is 9.67. The van der Waals surface area contributed by atoms with Gasteiger partial charge in [0.25, 0.3) is 0 Å². The zero-order valence-corrected chi connectivity index (χ0v) is 40.9. The molecular weight excluding hydrogens is 861 g/mol. The van der Waals surface area contributed by atoms with E-state index >= 15 is 0 Å². The summed E-state index contributed by atoms with van der Waals surface area (Å²) in [4.78, 5) is 25.4. The summed E-state index contributed by atoms with van der Waals surface area (Å²) in [5, 5.41) is 0. The van der Waals surface area contributed by atoms with Crippen LogP contribution in [0.15, 0.2) is 48.5 Å². The monoisotopic (exact) mass is 926 g/mol. The van der Waals surface area contributed by atoms with Crippen LogP contribution < -0.4 is 42.6 Å². The van der Waals surface area contributed by atoms with Gasteiger partial charge in [-0.2, -0.15) is 0 Å². The van der Waals surface area contributed by atoms with Gasteiger partial charge in [-0.15, -0.1) is 0 Å². The Morgan fingerprint density at radius 3 is 1.70 bits per heavy atom. The van der Waals surface area contributed by atoms with E-state index < -0.39 is 11.9 Å². The third-order valence-electron chi connectivity index (χ3n) is 13.2. The Morgan fingerprint density at radius 1 is 0.567 bits per heavy atom. The molecule has 2 aliphatic heterocycles. The van der Waals surface area contributed by atoms with Gasteiger partial charge in [-0.3, -0.25) is 0 Å². The minimum absolute atomic E-state index is 0.0637. The molecular formula is C52H66N2O13+2. The van der Waals surface area contributed by atoms with Gasteiger partial charge < -0.3 is 61.1 Å². The van der Waals surface area contributed by atoms with E-state index in [0.29, 0.717) is 82.0 Å². The average Bonchev–Trinajstić information content (AvgIpc) is 3.35. The Bertz CT molecular complexity index is 2480. The fourth-order valence-electron chi connectivity index (χ4n) is 9.67. The third-order valence-corrected chi connectivity index (χ3v) is 13.2. The van der Waals surface area contributed by atoms with Gasteiger partial charge >= 0.3 is 11.9 Å². The molecule has 4 aromatic carbocycles. The quantitative estimate of drug-likeness (QED) is 0.0303. The second-order valence-corrected chi connectivity index (χ2v) is 17.2. The maximum atomic E-state index is 12.7. The van der Waals surface area contributed by atoms with E-state index in [9.17, 15) is 9.59 Å². The number of methoxy groups -OCH3 is 9. The van der Waals surface area contributed by atoms with Crippen molar-refractivity contribution in [3.63, 3.8) is 0 Å². The molecule has 2 heterocycles. The number of quaternary nitrogens is 2. The molecule has 4 aromatic rings. The van der Waals surface area contributed by atoms with Crippen LogP contribution in [0.2, 0.25) is 0 Å². The lowest BCUT2D eigenvalue weighted by Gasteiger charge is -2.46. The van der Waals surface area contributed by atoms with Gasteiger partial charge in [-0.1, -0.05) is 12.1 Å². The molecule has 0 spiro atoms. The first-order chi connectivity index (χ1) is 32.3. The van der Waals surface area contributed by atoms with Gasteiger partial charge in [0.1, 0.15) is 12.6 Å². The summed E-state index contributed by atoms with van der Waals surface area (Å²) in [6, 6.07) is 15.8. The summed E-state index contributed by atoms with van der Waals surface area (Å²) in [6.45, 7) is 4.14. The summed E-state index contributed by atoms with van der Waals surface area (Å²) < 4.78 is 63.9. The van der Waals surface area contributed by atoms with E-state index in [1.807, 2.05) is 42.5 Å². The maximum Gasteiger partial charge on any atom is 0.384 e. The number of carbonyl (C=O) groups is 2. The first-order valence-electron chi connectivity index (χ1n) is 22.4. The second-order valence-electron chi connectivity index (χ2n) is 17.2. The smallest absolute Gasteiger partial charge is 0.384 e. The van der Waals surface area contributed by atoms with Gasteiger partial charge in [0, 0.05) is 55.1 Å². The molecule has 15 nitrogen and oxygen atoms in total. The Balaban J connectivity index is 1.05. The highest BCUT2D eigenvalue weighted by molar-refractivity contribution is 5.98. The number of rotatable bonds is 20. The van der Waals surface area contributed by atoms with Crippen LogP contribution in [0, 0.1) is 11.8 Å². The first kappa shape index (κ1) is 49.9. The fraction of sp³-hybridized carbons (Fsp3) is 0.462. The minimum Gasteiger partial charge on any atom is -0.493 e. The van der Waals surface area contributed by atoms with Crippen molar-refractivity contribution in [1.29, 1.82) is 0 Å². The molecule has 0 fully saturated rings. The lowest BCUT2D eigenvalue weighted by molar-refractivity contribution is -0.941. The van der Waals surface area contributed by atoms with Gasteiger partial charge in [0.15, 0.2) is 46.0 Å². The lowest BCUT2D eigenvalue weighted by atomic mass is 9.85. The average molecular weight is 927 g/mol. The van der Waals surface area contributed by atoms with Crippen LogP contribution in [-0.4, -0.2) is 138 Å². The Hall–Kier alpha value is -6.50. The number of likely N-dealkylation sites (N-methyl/N-ethyl adjacent to an activating group) is 2. The number of fused-ring (bicyclic) bond motifs is 2. The van der Waals surface area contributed by atoms with Crippen molar-refractivity contribution in [1.82, 2.24) is 0 Å². The van der Waals surface area contributed by atoms with Gasteiger partial charge in [-0.05, 0) is 58.7 Å². The zero-order chi connectivity index (χ0) is 48.3. The largest absolute Gasteiger partial charge is 0.493 e. The van der Waals surface area contributed by atoms with Crippen molar-refractivity contribution in [3.05, 3.63) is 76.3 Å². The summed E-state index contributed by atoms with van der Waals surface area (Å²) in [6.07, 6.45) is 3.41. The van der Waals surface area contributed by atoms with Crippen molar-refractivity contribution in [2.24, 2.45) is 0 Å². The van der Waals surface area contributed by atoms with E-state index in [4.69, 9.17) is 52.1 Å². The van der Waals surface area contributed by atoms with Crippen molar-refractivity contribution < 1.29 is 70.7 Å². The summed E-state index contributed by atoms with van der Waals surface area (Å²) in [5.41, 5.74) is 7.45. The number of hydrogen-bond acceptors (Lipinski definition) is 13. The number of esters is 2. The Kier molecular flexibility index (Phi) is 16.6. The van der Waals surface area contributed by atoms with Crippen LogP contribution in [-0.2, 0) is 44.9 Å². The van der Waals surface area contributed by atoms with Crippen LogP contribution in [0.5, 0.6) is 51.7 Å². The molecule has 360 valence electrons. The molecule has 0 bridgehead atoms. The number of hydrogen-bond donors (Lipinski definition) is 0. The lowest BCUT2D eigenvalue weighted by Crippen LogP contribution is -2.52. The van der Waals surface area contributed by atoms with Crippen LogP contribution in [0.3, 0.4) is 0 Å². The topological polar surface area (TPSA) is 136 Å². The molecule has 0 N–H and O–H groups in total. The minimum atomic E-state index is -0.786. The molecule has 0 saturated heterocycles. The van der Waals surface area contributed by atoms with E-state index in [-0.39, 0.29) is 19.3 Å². The highest BCUT2D eigenvalue weighted by Gasteiger charge is 2.43. The number of nitrogens with zero attached hydrogens (tertiary/aromatic N) is 2. The SMILES string of the molecule is COc1ccc(CC2c3c(cc(OC)c(OC)c3OC)CC[N+]2(C)CCCOC(=O)C#CC(=O)OCCC[N+]2(C)CCc3cc(OC)c(OC)c(-c4ccc(OC)c(OC)c4)c3C2)cc1OC. The molecule has 0 aliphatic carbocycles. The zero-order valence-electron chi connectivity index (χ0n) is 40.9. The van der Waals surface area contributed by atoms with Crippen LogP contribution in [0.25, 0.3) is 11.1 Å². The van der Waals surface area contributed by atoms with Gasteiger partial charge in [0.05, 0.1) is 123 Å². The number of benzene rings is 4. The molecule has 0 aromatic heterocycles. The van der Waals surface area contributed by atoms with E-state index in [1.165, 1.54) is 5.56 Å². The Morgan fingerprint density at radius 2 is 1.10 bits per heavy atom. The van der Waals surface area contributed by atoms with Crippen molar-refractivity contribution >= 4 is 11.9 Å². The molecule has 2 aliphatic rings. The molecule has 3 atom stereocenters. The normalized spacial score (nSPS) is 18.2. The van der Waals surface area contributed by atoms with Crippen molar-refractivity contribution in [2.45, 2.75) is 44.7 Å². The third kappa shape index (κ3) is 11.0. The van der Waals surface area contributed by atoms with Crippen LogP contribution in [0.1, 0.15) is 46.7 Å². The number of carbonyl (C=O) groups excluding carboxylic acids is 2. The molecule has 3 unspecified atom stereocenters. The van der Waals surface area contributed by atoms with Crippen LogP contribution in [0.4, 0.5) is 0 Å². The summed E-state index contributed by atoms with van der Waals surface area (Å²) in [7, 11) is 19.0. The molecule has 0 amide bonds. The van der Waals surface area contributed by atoms with Crippen molar-refractivity contribution in [2.75, 3.05) is 117 Å². The predicted molar refractivity (Wildman–Crippen MR) is 252 cm³/mol. The van der Waals surface area contributed by atoms with E-state index in [1.54, 1.807) is 64.0 Å². The van der Waals surface area contributed by atoms with Crippen LogP contribution >= 0.6 is 0 Å². The van der Waals surface area contributed by atoms with Gasteiger partial charge in [-0.25, -0.2) is 9.59 Å². The predicted octanol–water partition coefficient (Wildman–Crippen LogP) is 6.79. The van der Waals surface area contributed by atoms with Gasteiger partial charge in [0.2, 0.25) is 5.75 Å². The Labute approximate surface area is 394 Å². The maximum absolute atomic E-state index is 12.7. The summed E-state index contributed by atoms with van der Waals surface area (Å²) in [5.74, 6) is 8.70. The molecule has 0 radical (unpaired) electrons. The molecule has 15 heteroatoms. The van der Waals surface area contributed by atoms with E-state index in [0.717, 1.165) is 76.9 Å². The highest BCUT2D eigenvalue weighted by atomic mass is 16.5. The molecule has 6 rings (SSSR count). The van der Waals surface area contributed by atoms with Crippen molar-refractivity contribution in [3.8, 4) is 74.7 Å². The molecule has 67 heavy (non-hydrogen) atoms. The molecule has 0 saturated carbocycles. The second kappa shape index (κ2) is 22.3. The highest BCUT2D eigenvalue weighted by Crippen LogP contribution is 2.51. The first-order valence-corrected chi connectivity index (χ1v) is 22.4. The number of ether oxygens (including phenoxy) is 11.